The van der Waals surface area contributed by atoms with Gasteiger partial charge in [-0.05, 0) is 45.0 Å². The zero-order valence-corrected chi connectivity index (χ0v) is 14.2. The summed E-state index contributed by atoms with van der Waals surface area (Å²) in [6.07, 6.45) is 6.45. The molecule has 5 heteroatoms. The number of hydrogen-bond donors (Lipinski definition) is 1. The van der Waals surface area contributed by atoms with Crippen LogP contribution in [0.2, 0.25) is 0 Å². The van der Waals surface area contributed by atoms with Gasteiger partial charge in [-0.25, -0.2) is 0 Å². The quantitative estimate of drug-likeness (QED) is 0.926. The summed E-state index contributed by atoms with van der Waals surface area (Å²) in [7, 11) is 2.21. The molecule has 2 aliphatic heterocycles. The molecule has 2 aliphatic rings. The summed E-state index contributed by atoms with van der Waals surface area (Å²) in [6.45, 7) is 7.06. The lowest BCUT2D eigenvalue weighted by atomic mass is 9.86. The Labute approximate surface area is 138 Å². The Bertz CT molecular complexity index is 567. The molecule has 1 spiro atoms. The highest BCUT2D eigenvalue weighted by molar-refractivity contribution is 5.76. The molecular formula is C18H27N3O2. The number of nitrogens with one attached hydrogen (secondary N) is 1. The number of furan rings is 1. The van der Waals surface area contributed by atoms with Crippen LogP contribution in [0.4, 0.5) is 0 Å². The third-order valence-corrected chi connectivity index (χ3v) is 5.21. The first kappa shape index (κ1) is 16.3. The first-order valence-corrected chi connectivity index (χ1v) is 8.48. The molecule has 1 aromatic heterocycles. The minimum Gasteiger partial charge on any atom is -0.465 e. The largest absolute Gasteiger partial charge is 0.465 e. The molecule has 0 aromatic carbocycles. The van der Waals surface area contributed by atoms with Gasteiger partial charge in [0, 0.05) is 44.7 Å². The number of rotatable bonds is 3. The number of hydrogen-bond acceptors (Lipinski definition) is 4. The maximum atomic E-state index is 11.7. The first-order valence-electron chi connectivity index (χ1n) is 8.48. The summed E-state index contributed by atoms with van der Waals surface area (Å²) in [5.74, 6) is 1.11. The van der Waals surface area contributed by atoms with Gasteiger partial charge in [0.15, 0.2) is 0 Å². The van der Waals surface area contributed by atoms with Crippen LogP contribution in [-0.2, 0) is 4.79 Å². The smallest absolute Gasteiger partial charge is 0.220 e. The summed E-state index contributed by atoms with van der Waals surface area (Å²) in [4.78, 5) is 16.7. The fourth-order valence-electron chi connectivity index (χ4n) is 3.83. The van der Waals surface area contributed by atoms with Crippen LogP contribution in [0.15, 0.2) is 28.4 Å². The Morgan fingerprint density at radius 3 is 3.09 bits per heavy atom. The van der Waals surface area contributed by atoms with E-state index in [1.807, 2.05) is 12.1 Å². The van der Waals surface area contributed by atoms with Gasteiger partial charge in [-0.2, -0.15) is 0 Å². The summed E-state index contributed by atoms with van der Waals surface area (Å²) < 4.78 is 5.40. The van der Waals surface area contributed by atoms with Gasteiger partial charge in [0.1, 0.15) is 5.76 Å². The minimum atomic E-state index is 0.127. The summed E-state index contributed by atoms with van der Waals surface area (Å²) in [6, 6.07) is 3.90. The molecule has 0 radical (unpaired) electrons. The van der Waals surface area contributed by atoms with Gasteiger partial charge in [-0.1, -0.05) is 5.57 Å². The van der Waals surface area contributed by atoms with E-state index < -0.39 is 0 Å². The van der Waals surface area contributed by atoms with Gasteiger partial charge in [-0.15, -0.1) is 0 Å². The molecule has 2 fully saturated rings. The number of likely N-dealkylation sites (N-methyl/N-ethyl adjacent to an activating group) is 1. The second-order valence-corrected chi connectivity index (χ2v) is 6.96. The molecule has 0 unspecified atom stereocenters. The summed E-state index contributed by atoms with van der Waals surface area (Å²) in [5.41, 5.74) is 1.44. The van der Waals surface area contributed by atoms with Gasteiger partial charge in [0.05, 0.1) is 6.26 Å². The SMILES string of the molecule is C/C(=C\c1ccco1)CN1CCN(C)[C@@]2(CCNC(=O)CC2)C1. The van der Waals surface area contributed by atoms with E-state index in [1.165, 1.54) is 5.57 Å². The van der Waals surface area contributed by atoms with Crippen molar-refractivity contribution >= 4 is 12.0 Å². The van der Waals surface area contributed by atoms with Crippen LogP contribution < -0.4 is 5.32 Å². The average Bonchev–Trinajstić information content (AvgIpc) is 2.94. The molecule has 1 amide bonds. The third kappa shape index (κ3) is 3.85. The van der Waals surface area contributed by atoms with Crippen LogP contribution in [0.25, 0.3) is 6.08 Å². The van der Waals surface area contributed by atoms with Crippen LogP contribution >= 0.6 is 0 Å². The van der Waals surface area contributed by atoms with Gasteiger partial charge in [0.2, 0.25) is 5.91 Å². The zero-order valence-electron chi connectivity index (χ0n) is 14.2. The highest BCUT2D eigenvalue weighted by Gasteiger charge is 2.40. The molecule has 0 saturated carbocycles. The lowest BCUT2D eigenvalue weighted by Crippen LogP contribution is -2.61. The average molecular weight is 317 g/mol. The molecular weight excluding hydrogens is 290 g/mol. The van der Waals surface area contributed by atoms with Crippen molar-refractivity contribution in [2.45, 2.75) is 31.7 Å². The molecule has 1 N–H and O–H groups in total. The molecule has 0 bridgehead atoms. The standard InChI is InChI=1S/C18H27N3O2/c1-15(12-16-4-3-11-23-16)13-21-10-9-20(2)18(14-21)6-5-17(22)19-8-7-18/h3-4,11-12H,5-10,13-14H2,1-2H3,(H,19,22)/b15-12+/t18-/m0/s1. The lowest BCUT2D eigenvalue weighted by Gasteiger charge is -2.49. The van der Waals surface area contributed by atoms with Crippen molar-refractivity contribution in [3.05, 3.63) is 29.7 Å². The van der Waals surface area contributed by atoms with Gasteiger partial charge >= 0.3 is 0 Å². The van der Waals surface area contributed by atoms with Crippen molar-refractivity contribution in [1.29, 1.82) is 0 Å². The first-order chi connectivity index (χ1) is 11.1. The molecule has 5 nitrogen and oxygen atoms in total. The van der Waals surface area contributed by atoms with Gasteiger partial charge in [-0.3, -0.25) is 14.6 Å². The second-order valence-electron chi connectivity index (χ2n) is 6.96. The van der Waals surface area contributed by atoms with Gasteiger partial charge < -0.3 is 9.73 Å². The number of piperazine rings is 1. The van der Waals surface area contributed by atoms with Crippen LogP contribution in [0.5, 0.6) is 0 Å². The van der Waals surface area contributed by atoms with E-state index in [2.05, 4.69) is 35.2 Å². The third-order valence-electron chi connectivity index (χ3n) is 5.21. The number of nitrogens with zero attached hydrogens (tertiary/aromatic N) is 2. The monoisotopic (exact) mass is 317 g/mol. The van der Waals surface area contributed by atoms with E-state index in [0.717, 1.165) is 51.3 Å². The molecule has 3 rings (SSSR count). The number of carbonyl (C=O) groups is 1. The molecule has 23 heavy (non-hydrogen) atoms. The maximum absolute atomic E-state index is 11.7. The topological polar surface area (TPSA) is 48.7 Å². The Kier molecular flexibility index (Phi) is 4.87. The number of carbonyl (C=O) groups excluding carboxylic acids is 1. The Morgan fingerprint density at radius 2 is 2.30 bits per heavy atom. The molecule has 126 valence electrons. The summed E-state index contributed by atoms with van der Waals surface area (Å²) >= 11 is 0. The second kappa shape index (κ2) is 6.89. The van der Waals surface area contributed by atoms with Crippen LogP contribution in [0.1, 0.15) is 31.9 Å². The fraction of sp³-hybridized carbons (Fsp3) is 0.611. The predicted molar refractivity (Wildman–Crippen MR) is 91.0 cm³/mol. The fourth-order valence-corrected chi connectivity index (χ4v) is 3.83. The molecule has 0 aliphatic carbocycles. The normalized spacial score (nSPS) is 27.9. The van der Waals surface area contributed by atoms with Crippen molar-refractivity contribution in [3.8, 4) is 0 Å². The molecule has 1 aromatic rings. The lowest BCUT2D eigenvalue weighted by molar-refractivity contribution is -0.121. The number of amides is 1. The maximum Gasteiger partial charge on any atom is 0.220 e. The van der Waals surface area contributed by atoms with Crippen molar-refractivity contribution in [2.24, 2.45) is 0 Å². The minimum absolute atomic E-state index is 0.127. The highest BCUT2D eigenvalue weighted by atomic mass is 16.3. The van der Waals surface area contributed by atoms with Crippen molar-refractivity contribution in [1.82, 2.24) is 15.1 Å². The van der Waals surface area contributed by atoms with E-state index in [0.29, 0.717) is 6.42 Å². The van der Waals surface area contributed by atoms with Crippen LogP contribution in [-0.4, -0.2) is 61.0 Å². The molecule has 3 heterocycles. The van der Waals surface area contributed by atoms with E-state index in [9.17, 15) is 4.79 Å². The zero-order chi connectivity index (χ0) is 16.3. The van der Waals surface area contributed by atoms with E-state index in [1.54, 1.807) is 6.26 Å². The Hall–Kier alpha value is -1.59. The van der Waals surface area contributed by atoms with Crippen molar-refractivity contribution in [2.75, 3.05) is 39.8 Å². The van der Waals surface area contributed by atoms with Crippen LogP contribution in [0, 0.1) is 0 Å². The van der Waals surface area contributed by atoms with E-state index >= 15 is 0 Å². The Morgan fingerprint density at radius 1 is 1.43 bits per heavy atom. The van der Waals surface area contributed by atoms with Crippen molar-refractivity contribution in [3.63, 3.8) is 0 Å². The Balaban J connectivity index is 1.66. The highest BCUT2D eigenvalue weighted by Crippen LogP contribution is 2.30. The van der Waals surface area contributed by atoms with E-state index in [4.69, 9.17) is 4.42 Å². The molecule has 2 saturated heterocycles. The molecule has 1 atom stereocenters. The van der Waals surface area contributed by atoms with Crippen LogP contribution in [0.3, 0.4) is 0 Å². The van der Waals surface area contributed by atoms with Crippen molar-refractivity contribution < 1.29 is 9.21 Å². The van der Waals surface area contributed by atoms with Gasteiger partial charge in [0.25, 0.3) is 0 Å². The summed E-state index contributed by atoms with van der Waals surface area (Å²) in [5, 5.41) is 3.01. The van der Waals surface area contributed by atoms with E-state index in [-0.39, 0.29) is 11.4 Å². The predicted octanol–water partition coefficient (Wildman–Crippen LogP) is 1.97.